The first-order valence-electron chi connectivity index (χ1n) is 6.95. The molecule has 4 bridgehead atoms. The van der Waals surface area contributed by atoms with Crippen LogP contribution in [0.25, 0.3) is 0 Å². The van der Waals surface area contributed by atoms with Gasteiger partial charge in [0.15, 0.2) is 6.71 Å². The quantitative estimate of drug-likeness (QED) is 0.639. The molecule has 3 aliphatic heterocycles. The van der Waals surface area contributed by atoms with Crippen molar-refractivity contribution >= 4 is 6.71 Å². The smallest absolute Gasteiger partial charge is 0.151 e. The Labute approximate surface area is 110 Å². The third kappa shape index (κ3) is 1.82. The Morgan fingerprint density at radius 1 is 1.22 bits per heavy atom. The van der Waals surface area contributed by atoms with Crippen LogP contribution in [0.15, 0.2) is 47.3 Å². The zero-order valence-corrected chi connectivity index (χ0v) is 11.0. The van der Waals surface area contributed by atoms with Gasteiger partial charge in [-0.15, -0.1) is 0 Å². The predicted octanol–water partition coefficient (Wildman–Crippen LogP) is 2.85. The van der Waals surface area contributed by atoms with Crippen LogP contribution in [0.1, 0.15) is 19.3 Å². The minimum absolute atomic E-state index is 0.461. The van der Waals surface area contributed by atoms with Gasteiger partial charge in [-0.3, -0.25) is 0 Å². The summed E-state index contributed by atoms with van der Waals surface area (Å²) in [6.45, 7) is 3.01. The van der Waals surface area contributed by atoms with Crippen LogP contribution in [0.2, 0.25) is 18.5 Å². The Balaban J connectivity index is 2.11. The van der Waals surface area contributed by atoms with Crippen molar-refractivity contribution in [3.05, 3.63) is 47.3 Å². The van der Waals surface area contributed by atoms with Gasteiger partial charge >= 0.3 is 0 Å². The fraction of sp³-hybridized carbons (Fsp3) is 0.467. The van der Waals surface area contributed by atoms with E-state index in [0.717, 1.165) is 30.7 Å². The molecule has 3 unspecified atom stereocenters. The average Bonchev–Trinajstić information content (AvgIpc) is 2.39. The van der Waals surface area contributed by atoms with Gasteiger partial charge < -0.3 is 11.5 Å². The SMILES string of the molecule is CB1C2CC3=C(N)\C=C/C(C\C=C\3)C1CC=C2N. The molecule has 0 aromatic rings. The Morgan fingerprint density at radius 3 is 2.89 bits per heavy atom. The number of fused-ring (bicyclic) bond motifs is 2. The predicted molar refractivity (Wildman–Crippen MR) is 78.2 cm³/mol. The van der Waals surface area contributed by atoms with Crippen LogP contribution in [0.5, 0.6) is 0 Å². The molecular formula is C15H21BN2. The molecule has 3 heteroatoms. The molecule has 0 aromatic heterocycles. The zero-order valence-electron chi connectivity index (χ0n) is 11.0. The molecule has 0 radical (unpaired) electrons. The van der Waals surface area contributed by atoms with Gasteiger partial charge in [-0.2, -0.15) is 0 Å². The van der Waals surface area contributed by atoms with Crippen LogP contribution in [0.3, 0.4) is 0 Å². The van der Waals surface area contributed by atoms with Crippen LogP contribution in [0, 0.1) is 5.92 Å². The van der Waals surface area contributed by atoms with Crippen molar-refractivity contribution in [2.45, 2.75) is 37.7 Å². The molecule has 0 saturated carbocycles. The lowest BCUT2D eigenvalue weighted by Crippen LogP contribution is -2.33. The van der Waals surface area contributed by atoms with Crippen molar-refractivity contribution in [3.8, 4) is 0 Å². The lowest BCUT2D eigenvalue weighted by Gasteiger charge is -2.35. The van der Waals surface area contributed by atoms with Crippen molar-refractivity contribution < 1.29 is 0 Å². The minimum Gasteiger partial charge on any atom is -0.403 e. The zero-order chi connectivity index (χ0) is 12.7. The van der Waals surface area contributed by atoms with Gasteiger partial charge in [0, 0.05) is 11.4 Å². The van der Waals surface area contributed by atoms with E-state index in [4.69, 9.17) is 11.5 Å². The molecule has 3 heterocycles. The van der Waals surface area contributed by atoms with Gasteiger partial charge in [-0.05, 0) is 42.6 Å². The fourth-order valence-electron chi connectivity index (χ4n) is 3.73. The Kier molecular flexibility index (Phi) is 2.85. The van der Waals surface area contributed by atoms with E-state index >= 15 is 0 Å². The highest BCUT2D eigenvalue weighted by Gasteiger charge is 2.38. The Morgan fingerprint density at radius 2 is 2.06 bits per heavy atom. The molecule has 2 nitrogen and oxygen atoms in total. The molecule has 0 fully saturated rings. The molecule has 94 valence electrons. The third-order valence-electron chi connectivity index (χ3n) is 4.97. The van der Waals surface area contributed by atoms with Crippen LogP contribution < -0.4 is 11.5 Å². The van der Waals surface area contributed by atoms with E-state index in [9.17, 15) is 0 Å². The number of allylic oxidation sites excluding steroid dienone is 7. The standard InChI is InChI=1S/C15H21BN2/c1-16-12-6-8-15(18)13(16)9-11-4-2-3-10(12)5-7-14(11)17/h2,4-5,7-8,10,12-13H,3,6,9,17-18H2,1H3/b4-2+,7-5-,14-11+. The second kappa shape index (κ2) is 4.38. The molecule has 4 N–H and O–H groups in total. The van der Waals surface area contributed by atoms with Crippen molar-refractivity contribution in [2.24, 2.45) is 17.4 Å². The fourth-order valence-corrected chi connectivity index (χ4v) is 3.73. The molecule has 4 aliphatic rings. The van der Waals surface area contributed by atoms with E-state index in [-0.39, 0.29) is 0 Å². The second-order valence-electron chi connectivity index (χ2n) is 5.92. The number of hydrogen-bond acceptors (Lipinski definition) is 2. The summed E-state index contributed by atoms with van der Waals surface area (Å²) in [5, 5.41) is 0. The van der Waals surface area contributed by atoms with Crippen molar-refractivity contribution in [3.63, 3.8) is 0 Å². The van der Waals surface area contributed by atoms with Crippen molar-refractivity contribution in [2.75, 3.05) is 0 Å². The number of hydrogen-bond donors (Lipinski definition) is 2. The van der Waals surface area contributed by atoms with Gasteiger partial charge in [0.05, 0.1) is 0 Å². The van der Waals surface area contributed by atoms with Gasteiger partial charge in [-0.1, -0.05) is 36.9 Å². The summed E-state index contributed by atoms with van der Waals surface area (Å²) >= 11 is 0. The molecule has 3 atom stereocenters. The van der Waals surface area contributed by atoms with E-state index in [1.54, 1.807) is 0 Å². The third-order valence-corrected chi connectivity index (χ3v) is 4.97. The van der Waals surface area contributed by atoms with Gasteiger partial charge in [-0.25, -0.2) is 0 Å². The summed E-state index contributed by atoms with van der Waals surface area (Å²) in [6.07, 6.45) is 14.4. The molecule has 4 rings (SSSR count). The summed E-state index contributed by atoms with van der Waals surface area (Å²) in [6, 6.07) is 0. The molecule has 0 spiro atoms. The first-order chi connectivity index (χ1) is 8.66. The summed E-state index contributed by atoms with van der Waals surface area (Å²) in [7, 11) is 0. The van der Waals surface area contributed by atoms with Gasteiger partial charge in [0.25, 0.3) is 0 Å². The highest BCUT2D eigenvalue weighted by Crippen LogP contribution is 2.45. The topological polar surface area (TPSA) is 52.0 Å². The van der Waals surface area contributed by atoms with Crippen molar-refractivity contribution in [1.82, 2.24) is 0 Å². The van der Waals surface area contributed by atoms with E-state index in [2.05, 4.69) is 37.2 Å². The molecular weight excluding hydrogens is 219 g/mol. The summed E-state index contributed by atoms with van der Waals surface area (Å²) < 4.78 is 0. The first kappa shape index (κ1) is 11.7. The molecule has 0 aromatic carbocycles. The van der Waals surface area contributed by atoms with E-state index < -0.39 is 0 Å². The minimum atomic E-state index is 0.461. The summed E-state index contributed by atoms with van der Waals surface area (Å²) in [5.74, 6) is 1.76. The van der Waals surface area contributed by atoms with Gasteiger partial charge in [0.1, 0.15) is 0 Å². The molecule has 0 saturated heterocycles. The largest absolute Gasteiger partial charge is 0.403 e. The normalized spacial score (nSPS) is 42.4. The van der Waals surface area contributed by atoms with Crippen molar-refractivity contribution in [1.29, 1.82) is 0 Å². The maximum atomic E-state index is 6.23. The van der Waals surface area contributed by atoms with E-state index in [1.165, 1.54) is 5.57 Å². The summed E-state index contributed by atoms with van der Waals surface area (Å²) in [4.78, 5) is 0. The second-order valence-corrected chi connectivity index (χ2v) is 5.92. The first-order valence-corrected chi connectivity index (χ1v) is 6.95. The van der Waals surface area contributed by atoms with Crippen LogP contribution in [0.4, 0.5) is 0 Å². The summed E-state index contributed by atoms with van der Waals surface area (Å²) in [5.41, 5.74) is 15.6. The van der Waals surface area contributed by atoms with E-state index in [1.807, 2.05) is 0 Å². The highest BCUT2D eigenvalue weighted by atomic mass is 14.6. The Hall–Kier alpha value is -1.38. The van der Waals surface area contributed by atoms with Gasteiger partial charge in [0.2, 0.25) is 0 Å². The lowest BCUT2D eigenvalue weighted by atomic mass is 9.30. The maximum absolute atomic E-state index is 6.23. The maximum Gasteiger partial charge on any atom is 0.151 e. The van der Waals surface area contributed by atoms with Crippen LogP contribution in [-0.2, 0) is 0 Å². The van der Waals surface area contributed by atoms with E-state index in [0.29, 0.717) is 24.3 Å². The monoisotopic (exact) mass is 240 g/mol. The highest BCUT2D eigenvalue weighted by molar-refractivity contribution is 6.62. The average molecular weight is 240 g/mol. The molecule has 1 aliphatic carbocycles. The number of nitrogens with two attached hydrogens (primary N) is 2. The lowest BCUT2D eigenvalue weighted by molar-refractivity contribution is 0.577. The van der Waals surface area contributed by atoms with Crippen LogP contribution in [-0.4, -0.2) is 6.71 Å². The Bertz CT molecular complexity index is 473. The van der Waals surface area contributed by atoms with Crippen LogP contribution >= 0.6 is 0 Å². The number of rotatable bonds is 0. The molecule has 18 heavy (non-hydrogen) atoms. The molecule has 0 amide bonds.